The Morgan fingerprint density at radius 1 is 1.35 bits per heavy atom. The van der Waals surface area contributed by atoms with Gasteiger partial charge in [-0.3, -0.25) is 4.79 Å². The topological polar surface area (TPSA) is 57.6 Å². The second-order valence-corrected chi connectivity index (χ2v) is 5.38. The van der Waals surface area contributed by atoms with E-state index in [2.05, 4.69) is 0 Å². The van der Waals surface area contributed by atoms with Crippen LogP contribution in [0.25, 0.3) is 0 Å². The number of hydrogen-bond acceptors (Lipinski definition) is 2. The summed E-state index contributed by atoms with van der Waals surface area (Å²) in [5.74, 6) is -1.23. The SMILES string of the molecule is O=C(O)C1CCCN1C(=O)[C@@H](CCl)Cc1ccccc1. The number of carbonyl (C=O) groups excluding carboxylic acids is 1. The minimum absolute atomic E-state index is 0.145. The fourth-order valence-corrected chi connectivity index (χ4v) is 2.87. The fourth-order valence-electron chi connectivity index (χ4n) is 2.63. The van der Waals surface area contributed by atoms with Crippen molar-refractivity contribution in [3.05, 3.63) is 35.9 Å². The third-order valence-electron chi connectivity index (χ3n) is 3.68. The fraction of sp³-hybridized carbons (Fsp3) is 0.467. The number of nitrogens with zero attached hydrogens (tertiary/aromatic N) is 1. The molecule has 1 saturated heterocycles. The van der Waals surface area contributed by atoms with Crippen molar-refractivity contribution in [3.8, 4) is 0 Å². The maximum atomic E-state index is 12.5. The molecule has 0 aromatic heterocycles. The summed E-state index contributed by atoms with van der Waals surface area (Å²) in [5, 5.41) is 9.15. The minimum atomic E-state index is -0.927. The molecule has 1 aliphatic rings. The monoisotopic (exact) mass is 295 g/mol. The molecule has 1 aromatic rings. The Morgan fingerprint density at radius 2 is 2.05 bits per heavy atom. The molecule has 108 valence electrons. The molecule has 20 heavy (non-hydrogen) atoms. The number of likely N-dealkylation sites (tertiary alicyclic amines) is 1. The average molecular weight is 296 g/mol. The highest BCUT2D eigenvalue weighted by Gasteiger charge is 2.36. The van der Waals surface area contributed by atoms with E-state index in [0.717, 1.165) is 12.0 Å². The molecule has 5 heteroatoms. The Bertz CT molecular complexity index is 477. The first-order chi connectivity index (χ1) is 9.63. The summed E-state index contributed by atoms with van der Waals surface area (Å²) in [5.41, 5.74) is 1.04. The largest absolute Gasteiger partial charge is 0.480 e. The van der Waals surface area contributed by atoms with E-state index in [1.54, 1.807) is 0 Å². The number of aliphatic carboxylic acids is 1. The maximum Gasteiger partial charge on any atom is 0.326 e. The molecule has 4 nitrogen and oxygen atoms in total. The van der Waals surface area contributed by atoms with Gasteiger partial charge in [-0.1, -0.05) is 30.3 Å². The maximum absolute atomic E-state index is 12.5. The van der Waals surface area contributed by atoms with E-state index < -0.39 is 12.0 Å². The minimum Gasteiger partial charge on any atom is -0.480 e. The van der Waals surface area contributed by atoms with Gasteiger partial charge in [0.15, 0.2) is 0 Å². The van der Waals surface area contributed by atoms with E-state index >= 15 is 0 Å². The molecule has 1 amide bonds. The van der Waals surface area contributed by atoms with E-state index in [4.69, 9.17) is 16.7 Å². The van der Waals surface area contributed by atoms with Crippen LogP contribution in [0.5, 0.6) is 0 Å². The molecule has 2 rings (SSSR count). The summed E-state index contributed by atoms with van der Waals surface area (Å²) >= 11 is 5.92. The third kappa shape index (κ3) is 3.31. The van der Waals surface area contributed by atoms with Crippen LogP contribution in [0.4, 0.5) is 0 Å². The number of carbonyl (C=O) groups is 2. The number of rotatable bonds is 5. The van der Waals surface area contributed by atoms with Gasteiger partial charge in [0.25, 0.3) is 0 Å². The molecule has 1 N–H and O–H groups in total. The quantitative estimate of drug-likeness (QED) is 0.847. The molecule has 1 unspecified atom stereocenters. The lowest BCUT2D eigenvalue weighted by Crippen LogP contribution is -2.44. The normalized spacial score (nSPS) is 19.9. The Labute approximate surface area is 123 Å². The van der Waals surface area contributed by atoms with E-state index in [-0.39, 0.29) is 17.7 Å². The summed E-state index contributed by atoms with van der Waals surface area (Å²) in [7, 11) is 0. The van der Waals surface area contributed by atoms with Crippen LogP contribution in [0.1, 0.15) is 18.4 Å². The molecule has 0 radical (unpaired) electrons. The molecule has 0 spiro atoms. The van der Waals surface area contributed by atoms with Gasteiger partial charge < -0.3 is 10.0 Å². The molecule has 1 aliphatic heterocycles. The number of amides is 1. The first-order valence-corrected chi connectivity index (χ1v) is 7.30. The molecule has 1 fully saturated rings. The molecular weight excluding hydrogens is 278 g/mol. The van der Waals surface area contributed by atoms with Gasteiger partial charge in [0.05, 0.1) is 5.92 Å². The van der Waals surface area contributed by atoms with Gasteiger partial charge >= 0.3 is 5.97 Å². The van der Waals surface area contributed by atoms with Crippen LogP contribution in [0.3, 0.4) is 0 Å². The van der Waals surface area contributed by atoms with Gasteiger partial charge in [-0.15, -0.1) is 11.6 Å². The van der Waals surface area contributed by atoms with Crippen LogP contribution >= 0.6 is 11.6 Å². The number of benzene rings is 1. The summed E-state index contributed by atoms with van der Waals surface area (Å²) in [4.78, 5) is 25.1. The second-order valence-electron chi connectivity index (χ2n) is 5.07. The summed E-state index contributed by atoms with van der Waals surface area (Å²) < 4.78 is 0. The smallest absolute Gasteiger partial charge is 0.326 e. The third-order valence-corrected chi connectivity index (χ3v) is 4.05. The number of alkyl halides is 1. The van der Waals surface area contributed by atoms with Gasteiger partial charge in [0, 0.05) is 12.4 Å². The van der Waals surface area contributed by atoms with Gasteiger partial charge in [-0.2, -0.15) is 0 Å². The van der Waals surface area contributed by atoms with Crippen molar-refractivity contribution in [2.24, 2.45) is 5.92 Å². The molecule has 0 bridgehead atoms. The standard InChI is InChI=1S/C15H18ClNO3/c16-10-12(9-11-5-2-1-3-6-11)14(18)17-8-4-7-13(17)15(19)20/h1-3,5-6,12-13H,4,7-10H2,(H,19,20)/t12-,13?/m1/s1. The highest BCUT2D eigenvalue weighted by Crippen LogP contribution is 2.22. The van der Waals surface area contributed by atoms with Crippen LogP contribution in [0.2, 0.25) is 0 Å². The van der Waals surface area contributed by atoms with Gasteiger partial charge in [0.2, 0.25) is 5.91 Å². The molecular formula is C15H18ClNO3. The van der Waals surface area contributed by atoms with Crippen molar-refractivity contribution in [1.29, 1.82) is 0 Å². The zero-order chi connectivity index (χ0) is 14.5. The van der Waals surface area contributed by atoms with E-state index in [1.807, 2.05) is 30.3 Å². The van der Waals surface area contributed by atoms with Crippen molar-refractivity contribution in [2.75, 3.05) is 12.4 Å². The van der Waals surface area contributed by atoms with Crippen LogP contribution < -0.4 is 0 Å². The first-order valence-electron chi connectivity index (χ1n) is 6.76. The Morgan fingerprint density at radius 3 is 2.65 bits per heavy atom. The lowest BCUT2D eigenvalue weighted by Gasteiger charge is -2.25. The zero-order valence-electron chi connectivity index (χ0n) is 11.2. The molecule has 0 aliphatic carbocycles. The van der Waals surface area contributed by atoms with E-state index in [1.165, 1.54) is 4.90 Å². The highest BCUT2D eigenvalue weighted by atomic mass is 35.5. The number of carboxylic acids is 1. The molecule has 1 heterocycles. The Balaban J connectivity index is 2.07. The van der Waals surface area contributed by atoms with Crippen molar-refractivity contribution in [2.45, 2.75) is 25.3 Å². The Kier molecular flexibility index (Phi) is 5.01. The summed E-state index contributed by atoms with van der Waals surface area (Å²) in [6.07, 6.45) is 1.82. The Hall–Kier alpha value is -1.55. The van der Waals surface area contributed by atoms with Crippen LogP contribution in [-0.2, 0) is 16.0 Å². The van der Waals surface area contributed by atoms with Crippen molar-refractivity contribution in [3.63, 3.8) is 0 Å². The van der Waals surface area contributed by atoms with Crippen molar-refractivity contribution >= 4 is 23.5 Å². The highest BCUT2D eigenvalue weighted by molar-refractivity contribution is 6.19. The summed E-state index contributed by atoms with van der Waals surface area (Å²) in [6.45, 7) is 0.512. The molecule has 2 atom stereocenters. The van der Waals surface area contributed by atoms with E-state index in [9.17, 15) is 9.59 Å². The van der Waals surface area contributed by atoms with Crippen LogP contribution in [0, 0.1) is 5.92 Å². The van der Waals surface area contributed by atoms with Crippen molar-refractivity contribution < 1.29 is 14.7 Å². The lowest BCUT2D eigenvalue weighted by atomic mass is 9.99. The second kappa shape index (κ2) is 6.75. The van der Waals surface area contributed by atoms with Crippen LogP contribution in [0.15, 0.2) is 30.3 Å². The first kappa shape index (κ1) is 14.9. The summed E-state index contributed by atoms with van der Waals surface area (Å²) in [6, 6.07) is 8.96. The number of hydrogen-bond donors (Lipinski definition) is 1. The molecule has 0 saturated carbocycles. The average Bonchev–Trinajstić information content (AvgIpc) is 2.94. The zero-order valence-corrected chi connectivity index (χ0v) is 11.9. The van der Waals surface area contributed by atoms with Crippen LogP contribution in [-0.4, -0.2) is 40.3 Å². The molecule has 1 aromatic carbocycles. The van der Waals surface area contributed by atoms with Gasteiger partial charge in [-0.25, -0.2) is 4.79 Å². The lowest BCUT2D eigenvalue weighted by molar-refractivity contribution is -0.149. The van der Waals surface area contributed by atoms with Gasteiger partial charge in [0.1, 0.15) is 6.04 Å². The number of carboxylic acid groups (broad SMARTS) is 1. The van der Waals surface area contributed by atoms with Crippen molar-refractivity contribution in [1.82, 2.24) is 4.90 Å². The number of halogens is 1. The predicted octanol–water partition coefficient (Wildman–Crippen LogP) is 2.16. The van der Waals surface area contributed by atoms with Gasteiger partial charge in [-0.05, 0) is 24.8 Å². The van der Waals surface area contributed by atoms with E-state index in [0.29, 0.717) is 19.4 Å². The predicted molar refractivity (Wildman–Crippen MR) is 76.7 cm³/mol.